The lowest BCUT2D eigenvalue weighted by atomic mass is 9.89. The molecule has 0 N–H and O–H groups in total. The zero-order valence-corrected chi connectivity index (χ0v) is 9.38. The van der Waals surface area contributed by atoms with Gasteiger partial charge in [-0.15, -0.1) is 0 Å². The number of hydrogen-bond acceptors (Lipinski definition) is 2. The second kappa shape index (κ2) is 4.93. The molecule has 0 aliphatic carbocycles. The Balaban J connectivity index is 2.38. The first-order valence-electron chi connectivity index (χ1n) is 5.28. The molecule has 0 bridgehead atoms. The van der Waals surface area contributed by atoms with Gasteiger partial charge in [0.2, 0.25) is 0 Å². The number of carbonyl (C=O) groups excluding carboxylic acids is 1. The predicted octanol–water partition coefficient (Wildman–Crippen LogP) is 2.66. The molecule has 1 rings (SSSR count). The van der Waals surface area contributed by atoms with Crippen molar-refractivity contribution >= 4 is 6.09 Å². The summed E-state index contributed by atoms with van der Waals surface area (Å²) in [6, 6.07) is 0. The number of piperidine rings is 1. The Morgan fingerprint density at radius 3 is 2.50 bits per heavy atom. The first-order valence-corrected chi connectivity index (χ1v) is 5.28. The number of nitrogens with zero attached hydrogens (tertiary/aromatic N) is 1. The highest BCUT2D eigenvalue weighted by Gasteiger charge is 2.32. The lowest BCUT2D eigenvalue weighted by molar-refractivity contribution is -0.162. The van der Waals surface area contributed by atoms with Crippen LogP contribution in [0.3, 0.4) is 0 Å². The highest BCUT2D eigenvalue weighted by Crippen LogP contribution is 2.23. The average Bonchev–Trinajstić information content (AvgIpc) is 2.17. The lowest BCUT2D eigenvalue weighted by Crippen LogP contribution is -2.43. The second-order valence-electron chi connectivity index (χ2n) is 4.36. The molecule has 0 radical (unpaired) electrons. The van der Waals surface area contributed by atoms with Crippen LogP contribution in [0, 0.1) is 11.8 Å². The molecule has 0 aromatic rings. The Morgan fingerprint density at radius 1 is 1.38 bits per heavy atom. The lowest BCUT2D eigenvalue weighted by Gasteiger charge is -2.34. The fraction of sp³-hybridized carbons (Fsp3) is 0.900. The molecular formula is C10H16F3NO2. The summed E-state index contributed by atoms with van der Waals surface area (Å²) in [6.07, 6.45) is -4.51. The van der Waals surface area contributed by atoms with Crippen LogP contribution in [0.5, 0.6) is 0 Å². The van der Waals surface area contributed by atoms with E-state index < -0.39 is 18.9 Å². The Hall–Kier alpha value is -0.940. The third-order valence-electron chi connectivity index (χ3n) is 2.95. The van der Waals surface area contributed by atoms with Crippen molar-refractivity contribution in [2.45, 2.75) is 26.4 Å². The van der Waals surface area contributed by atoms with Gasteiger partial charge >= 0.3 is 12.3 Å². The first-order chi connectivity index (χ1) is 7.29. The van der Waals surface area contributed by atoms with Crippen LogP contribution >= 0.6 is 0 Å². The van der Waals surface area contributed by atoms with Crippen molar-refractivity contribution in [3.8, 4) is 0 Å². The first kappa shape index (κ1) is 13.1. The maximum Gasteiger partial charge on any atom is 0.422 e. The van der Waals surface area contributed by atoms with Crippen LogP contribution in [0.4, 0.5) is 18.0 Å². The van der Waals surface area contributed by atoms with E-state index in [1.807, 2.05) is 6.92 Å². The number of alkyl halides is 3. The van der Waals surface area contributed by atoms with Gasteiger partial charge in [-0.1, -0.05) is 13.8 Å². The zero-order valence-electron chi connectivity index (χ0n) is 9.38. The van der Waals surface area contributed by atoms with E-state index in [0.29, 0.717) is 24.9 Å². The normalized spacial score (nSPS) is 26.7. The van der Waals surface area contributed by atoms with Crippen molar-refractivity contribution in [3.05, 3.63) is 0 Å². The number of hydrogen-bond donors (Lipinski definition) is 0. The largest absolute Gasteiger partial charge is 0.440 e. The van der Waals surface area contributed by atoms with E-state index in [4.69, 9.17) is 0 Å². The zero-order chi connectivity index (χ0) is 12.3. The number of halogens is 3. The van der Waals surface area contributed by atoms with E-state index in [1.54, 1.807) is 0 Å². The molecule has 16 heavy (non-hydrogen) atoms. The smallest absolute Gasteiger partial charge is 0.422 e. The molecule has 2 unspecified atom stereocenters. The van der Waals surface area contributed by atoms with Gasteiger partial charge < -0.3 is 9.64 Å². The molecule has 1 heterocycles. The second-order valence-corrected chi connectivity index (χ2v) is 4.36. The molecule has 1 amide bonds. The molecule has 1 aliphatic rings. The SMILES string of the molecule is CC1CCN(C(=O)OCC(F)(F)F)CC1C. The molecule has 3 nitrogen and oxygen atoms in total. The summed E-state index contributed by atoms with van der Waals surface area (Å²) in [4.78, 5) is 12.6. The summed E-state index contributed by atoms with van der Waals surface area (Å²) in [7, 11) is 0. The molecule has 1 aliphatic heterocycles. The highest BCUT2D eigenvalue weighted by molar-refractivity contribution is 5.67. The van der Waals surface area contributed by atoms with Crippen LogP contribution in [0.25, 0.3) is 0 Å². The summed E-state index contributed by atoms with van der Waals surface area (Å²) < 4.78 is 39.7. The predicted molar refractivity (Wildman–Crippen MR) is 51.9 cm³/mol. The molecule has 6 heteroatoms. The van der Waals surface area contributed by atoms with Crippen molar-refractivity contribution in [3.63, 3.8) is 0 Å². The molecule has 2 atom stereocenters. The van der Waals surface area contributed by atoms with Crippen molar-refractivity contribution in [2.75, 3.05) is 19.7 Å². The van der Waals surface area contributed by atoms with Gasteiger partial charge in [-0.2, -0.15) is 13.2 Å². The van der Waals surface area contributed by atoms with E-state index in [9.17, 15) is 18.0 Å². The molecule has 94 valence electrons. The Morgan fingerprint density at radius 2 is 2.00 bits per heavy atom. The molecule has 0 spiro atoms. The van der Waals surface area contributed by atoms with E-state index in [2.05, 4.69) is 11.7 Å². The van der Waals surface area contributed by atoms with Gasteiger partial charge in [-0.25, -0.2) is 4.79 Å². The standard InChI is InChI=1S/C10H16F3NO2/c1-7-3-4-14(5-8(7)2)9(15)16-6-10(11,12)13/h7-8H,3-6H2,1-2H3. The van der Waals surface area contributed by atoms with E-state index in [0.717, 1.165) is 6.42 Å². The van der Waals surface area contributed by atoms with E-state index in [1.165, 1.54) is 4.90 Å². The minimum Gasteiger partial charge on any atom is -0.440 e. The Labute approximate surface area is 92.5 Å². The monoisotopic (exact) mass is 239 g/mol. The van der Waals surface area contributed by atoms with Crippen molar-refractivity contribution in [1.82, 2.24) is 4.90 Å². The van der Waals surface area contributed by atoms with Crippen LogP contribution < -0.4 is 0 Å². The fourth-order valence-electron chi connectivity index (χ4n) is 1.66. The van der Waals surface area contributed by atoms with Gasteiger partial charge in [0.1, 0.15) is 0 Å². The van der Waals surface area contributed by atoms with Crippen LogP contribution in [-0.2, 0) is 4.74 Å². The average molecular weight is 239 g/mol. The molecule has 0 aromatic carbocycles. The maximum atomic E-state index is 11.8. The topological polar surface area (TPSA) is 29.5 Å². The van der Waals surface area contributed by atoms with Crippen molar-refractivity contribution < 1.29 is 22.7 Å². The fourth-order valence-corrected chi connectivity index (χ4v) is 1.66. The van der Waals surface area contributed by atoms with Gasteiger partial charge in [0.15, 0.2) is 6.61 Å². The summed E-state index contributed by atoms with van der Waals surface area (Å²) in [5.74, 6) is 0.791. The van der Waals surface area contributed by atoms with Gasteiger partial charge in [0, 0.05) is 13.1 Å². The summed E-state index contributed by atoms with van der Waals surface area (Å²) in [5.41, 5.74) is 0. The van der Waals surface area contributed by atoms with Gasteiger partial charge in [0.25, 0.3) is 0 Å². The van der Waals surface area contributed by atoms with Crippen LogP contribution in [0.2, 0.25) is 0 Å². The van der Waals surface area contributed by atoms with Crippen molar-refractivity contribution in [2.24, 2.45) is 11.8 Å². The number of amides is 1. The van der Waals surface area contributed by atoms with Gasteiger partial charge in [-0.05, 0) is 18.3 Å². The van der Waals surface area contributed by atoms with Gasteiger partial charge in [0.05, 0.1) is 0 Å². The molecular weight excluding hydrogens is 223 g/mol. The van der Waals surface area contributed by atoms with Crippen LogP contribution in [0.15, 0.2) is 0 Å². The van der Waals surface area contributed by atoms with E-state index in [-0.39, 0.29) is 0 Å². The third-order valence-corrected chi connectivity index (χ3v) is 2.95. The maximum absolute atomic E-state index is 11.8. The van der Waals surface area contributed by atoms with Crippen molar-refractivity contribution in [1.29, 1.82) is 0 Å². The summed E-state index contributed by atoms with van der Waals surface area (Å²) >= 11 is 0. The Kier molecular flexibility index (Phi) is 4.04. The van der Waals surface area contributed by atoms with Gasteiger partial charge in [-0.3, -0.25) is 0 Å². The highest BCUT2D eigenvalue weighted by atomic mass is 19.4. The Bertz CT molecular complexity index is 255. The minimum absolute atomic E-state index is 0.298. The number of ether oxygens (including phenoxy) is 1. The van der Waals surface area contributed by atoms with Crippen LogP contribution in [-0.4, -0.2) is 36.9 Å². The minimum atomic E-state index is -4.45. The number of likely N-dealkylation sites (tertiary alicyclic amines) is 1. The van der Waals surface area contributed by atoms with E-state index >= 15 is 0 Å². The third kappa shape index (κ3) is 3.90. The molecule has 1 fully saturated rings. The molecule has 0 aromatic heterocycles. The summed E-state index contributed by atoms with van der Waals surface area (Å²) in [5, 5.41) is 0. The number of carbonyl (C=O) groups is 1. The molecule has 0 saturated carbocycles. The quantitative estimate of drug-likeness (QED) is 0.704. The molecule has 1 saturated heterocycles. The summed E-state index contributed by atoms with van der Waals surface area (Å²) in [6.45, 7) is 3.49. The number of rotatable bonds is 1. The van der Waals surface area contributed by atoms with Crippen LogP contribution in [0.1, 0.15) is 20.3 Å².